The first-order chi connectivity index (χ1) is 14.8. The highest BCUT2D eigenvalue weighted by molar-refractivity contribution is 6.35. The van der Waals surface area contributed by atoms with Crippen LogP contribution in [0.15, 0.2) is 84.9 Å². The van der Waals surface area contributed by atoms with Crippen molar-refractivity contribution in [3.05, 3.63) is 90.0 Å². The van der Waals surface area contributed by atoms with Gasteiger partial charge in [0.25, 0.3) is 0 Å². The minimum Gasteiger partial charge on any atom is -0.308 e. The lowest BCUT2D eigenvalue weighted by Gasteiger charge is -2.03. The highest BCUT2D eigenvalue weighted by atomic mass is 35.5. The molecule has 7 aromatic rings. The lowest BCUT2D eigenvalue weighted by Crippen LogP contribution is -1.82. The van der Waals surface area contributed by atoms with Gasteiger partial charge in [0.2, 0.25) is 0 Å². The van der Waals surface area contributed by atoms with Gasteiger partial charge in [-0.2, -0.15) is 0 Å². The van der Waals surface area contributed by atoms with E-state index in [0.717, 1.165) is 5.02 Å². The van der Waals surface area contributed by atoms with Crippen molar-refractivity contribution in [3.63, 3.8) is 0 Å². The summed E-state index contributed by atoms with van der Waals surface area (Å²) >= 11 is 6.58. The Morgan fingerprint density at radius 1 is 0.533 bits per heavy atom. The highest BCUT2D eigenvalue weighted by Gasteiger charge is 2.19. The van der Waals surface area contributed by atoms with Gasteiger partial charge in [-0.3, -0.25) is 0 Å². The molecule has 0 amide bonds. The quantitative estimate of drug-likeness (QED) is 0.237. The van der Waals surface area contributed by atoms with Crippen LogP contribution >= 0.6 is 11.6 Å². The SMILES string of the molecule is CC.Clc1cc2c3cc4ccccc4cc3n3c4cc5ccccc5cc4c(c1)c23. The molecule has 0 saturated carbocycles. The number of hydrogen-bond acceptors (Lipinski definition) is 0. The van der Waals surface area contributed by atoms with E-state index in [1.54, 1.807) is 0 Å². The third-order valence-electron chi connectivity index (χ3n) is 6.09. The molecule has 0 saturated heterocycles. The Morgan fingerprint density at radius 3 is 1.37 bits per heavy atom. The van der Waals surface area contributed by atoms with Gasteiger partial charge in [0.05, 0.1) is 16.6 Å². The molecule has 144 valence electrons. The lowest BCUT2D eigenvalue weighted by molar-refractivity contribution is 1.38. The standard InChI is InChI=1S/C26H14ClN.C2H6/c27-19-13-22-20-9-15-5-1-3-7-17(15)11-24(20)28-25-12-18-8-4-2-6-16(18)10-21(25)23(14-19)26(22)28;1-2/h1-14H;1-2H3. The zero-order chi connectivity index (χ0) is 20.4. The van der Waals surface area contributed by atoms with E-state index >= 15 is 0 Å². The van der Waals surface area contributed by atoms with E-state index in [0.29, 0.717) is 0 Å². The Balaban J connectivity index is 0.000000852. The Morgan fingerprint density at radius 2 is 0.933 bits per heavy atom. The average Bonchev–Trinajstić information content (AvgIpc) is 3.27. The third-order valence-corrected chi connectivity index (χ3v) is 6.31. The molecule has 0 aliphatic carbocycles. The maximum atomic E-state index is 6.58. The summed E-state index contributed by atoms with van der Waals surface area (Å²) in [4.78, 5) is 0. The molecule has 0 fully saturated rings. The van der Waals surface area contributed by atoms with Crippen LogP contribution < -0.4 is 0 Å². The van der Waals surface area contributed by atoms with E-state index in [2.05, 4.69) is 89.3 Å². The Labute approximate surface area is 179 Å². The summed E-state index contributed by atoms with van der Waals surface area (Å²) in [6.07, 6.45) is 0. The van der Waals surface area contributed by atoms with Crippen LogP contribution in [-0.4, -0.2) is 4.40 Å². The summed E-state index contributed by atoms with van der Waals surface area (Å²) in [7, 11) is 0. The first-order valence-corrected chi connectivity index (χ1v) is 10.9. The zero-order valence-electron chi connectivity index (χ0n) is 16.9. The van der Waals surface area contributed by atoms with Gasteiger partial charge < -0.3 is 4.40 Å². The number of fused-ring (bicyclic) bond motifs is 8. The second-order valence-electron chi connectivity index (χ2n) is 7.62. The topological polar surface area (TPSA) is 4.41 Å². The molecule has 0 unspecified atom stereocenters. The van der Waals surface area contributed by atoms with Crippen LogP contribution in [0.4, 0.5) is 0 Å². The van der Waals surface area contributed by atoms with Crippen molar-refractivity contribution in [1.29, 1.82) is 0 Å². The smallest absolute Gasteiger partial charge is 0.0621 e. The molecule has 0 radical (unpaired) electrons. The van der Waals surface area contributed by atoms with Gasteiger partial charge >= 0.3 is 0 Å². The second kappa shape index (κ2) is 6.35. The fourth-order valence-corrected chi connectivity index (χ4v) is 5.10. The maximum absolute atomic E-state index is 6.58. The monoisotopic (exact) mass is 405 g/mol. The van der Waals surface area contributed by atoms with Crippen molar-refractivity contribution in [2.24, 2.45) is 0 Å². The summed E-state index contributed by atoms with van der Waals surface area (Å²) in [5, 5.41) is 10.8. The predicted molar refractivity (Wildman–Crippen MR) is 132 cm³/mol. The first kappa shape index (κ1) is 17.6. The van der Waals surface area contributed by atoms with Crippen molar-refractivity contribution in [3.8, 4) is 0 Å². The van der Waals surface area contributed by atoms with Crippen LogP contribution in [0.25, 0.3) is 59.6 Å². The van der Waals surface area contributed by atoms with Gasteiger partial charge in [-0.15, -0.1) is 0 Å². The summed E-state index contributed by atoms with van der Waals surface area (Å²) < 4.78 is 2.42. The Bertz CT molecular complexity index is 1600. The van der Waals surface area contributed by atoms with Crippen molar-refractivity contribution < 1.29 is 0 Å². The Hall–Kier alpha value is -3.29. The normalized spacial score (nSPS) is 11.8. The summed E-state index contributed by atoms with van der Waals surface area (Å²) in [5.74, 6) is 0. The summed E-state index contributed by atoms with van der Waals surface area (Å²) in [5.41, 5.74) is 3.75. The van der Waals surface area contributed by atoms with E-state index < -0.39 is 0 Å². The molecule has 0 aliphatic heterocycles. The number of nitrogens with zero attached hydrogens (tertiary/aromatic N) is 1. The van der Waals surface area contributed by atoms with Gasteiger partial charge in [0.15, 0.2) is 0 Å². The van der Waals surface area contributed by atoms with Gasteiger partial charge in [-0.1, -0.05) is 74.0 Å². The van der Waals surface area contributed by atoms with E-state index in [1.807, 2.05) is 13.8 Å². The van der Waals surface area contributed by atoms with E-state index in [1.165, 1.54) is 59.6 Å². The molecule has 30 heavy (non-hydrogen) atoms. The van der Waals surface area contributed by atoms with Crippen LogP contribution in [0.5, 0.6) is 0 Å². The molecule has 0 N–H and O–H groups in total. The molecule has 5 aromatic carbocycles. The van der Waals surface area contributed by atoms with Crippen LogP contribution in [-0.2, 0) is 0 Å². The van der Waals surface area contributed by atoms with Gasteiger partial charge in [-0.25, -0.2) is 0 Å². The van der Waals surface area contributed by atoms with Crippen molar-refractivity contribution in [2.45, 2.75) is 13.8 Å². The van der Waals surface area contributed by atoms with E-state index in [4.69, 9.17) is 11.6 Å². The van der Waals surface area contributed by atoms with Crippen molar-refractivity contribution in [1.82, 2.24) is 4.40 Å². The third kappa shape index (κ3) is 2.24. The molecular formula is C28H20ClN. The van der Waals surface area contributed by atoms with Crippen molar-refractivity contribution in [2.75, 3.05) is 0 Å². The first-order valence-electron chi connectivity index (χ1n) is 10.5. The fraction of sp³-hybridized carbons (Fsp3) is 0.0714. The molecule has 1 nitrogen and oxygen atoms in total. The summed E-state index contributed by atoms with van der Waals surface area (Å²) in [6.45, 7) is 4.00. The number of halogens is 1. The molecule has 7 rings (SSSR count). The van der Waals surface area contributed by atoms with Gasteiger partial charge in [0, 0.05) is 26.6 Å². The minimum atomic E-state index is 0.788. The molecule has 0 bridgehead atoms. The molecule has 2 aromatic heterocycles. The zero-order valence-corrected chi connectivity index (χ0v) is 17.7. The highest BCUT2D eigenvalue weighted by Crippen LogP contribution is 2.42. The Kier molecular flexibility index (Phi) is 3.72. The second-order valence-corrected chi connectivity index (χ2v) is 8.05. The molecular weight excluding hydrogens is 386 g/mol. The predicted octanol–water partition coefficient (Wildman–Crippen LogP) is 8.82. The number of rotatable bonds is 0. The van der Waals surface area contributed by atoms with Gasteiger partial charge in [-0.05, 0) is 57.9 Å². The van der Waals surface area contributed by atoms with Crippen molar-refractivity contribution >= 4 is 71.2 Å². The number of hydrogen-bond donors (Lipinski definition) is 0. The molecule has 2 heteroatoms. The fourth-order valence-electron chi connectivity index (χ4n) is 4.88. The van der Waals surface area contributed by atoms with Crippen LogP contribution in [0.3, 0.4) is 0 Å². The van der Waals surface area contributed by atoms with Crippen LogP contribution in [0.1, 0.15) is 13.8 Å². The maximum Gasteiger partial charge on any atom is 0.0621 e. The number of aromatic nitrogens is 1. The van der Waals surface area contributed by atoms with Crippen LogP contribution in [0.2, 0.25) is 5.02 Å². The minimum absolute atomic E-state index is 0.788. The molecule has 2 heterocycles. The largest absolute Gasteiger partial charge is 0.308 e. The number of benzene rings is 5. The molecule has 0 aliphatic rings. The van der Waals surface area contributed by atoms with Gasteiger partial charge in [0.1, 0.15) is 0 Å². The van der Waals surface area contributed by atoms with E-state index in [9.17, 15) is 0 Å². The van der Waals surface area contributed by atoms with E-state index in [-0.39, 0.29) is 0 Å². The molecule has 0 spiro atoms. The summed E-state index contributed by atoms with van der Waals surface area (Å²) in [6, 6.07) is 30.6. The average molecular weight is 406 g/mol. The van der Waals surface area contributed by atoms with Crippen LogP contribution in [0, 0.1) is 0 Å². The molecule has 0 atom stereocenters. The lowest BCUT2D eigenvalue weighted by atomic mass is 10.0.